The van der Waals surface area contributed by atoms with Gasteiger partial charge in [-0.3, -0.25) is 9.88 Å². The number of carbonyl (C=O) groups is 1. The molecule has 2 atom stereocenters. The number of imidazole rings is 1. The first-order chi connectivity index (χ1) is 22.5. The molecule has 0 spiro atoms. The third kappa shape index (κ3) is 6.43. The molecule has 0 bridgehead atoms. The van der Waals surface area contributed by atoms with E-state index in [0.717, 1.165) is 44.0 Å². The fourth-order valence-electron chi connectivity index (χ4n) is 6.41. The van der Waals surface area contributed by atoms with Crippen LogP contribution in [0.15, 0.2) is 48.7 Å². The summed E-state index contributed by atoms with van der Waals surface area (Å²) in [6.07, 6.45) is -0.663. The lowest BCUT2D eigenvalue weighted by atomic mass is 9.88. The minimum atomic E-state index is -4.59. The van der Waals surface area contributed by atoms with Gasteiger partial charge < -0.3 is 28.6 Å². The summed E-state index contributed by atoms with van der Waals surface area (Å²) in [4.78, 5) is 23.3. The summed E-state index contributed by atoms with van der Waals surface area (Å²) < 4.78 is 64.4. The van der Waals surface area contributed by atoms with Crippen LogP contribution in [0.1, 0.15) is 59.5 Å². The second-order valence-electron chi connectivity index (χ2n) is 12.2. The highest BCUT2D eigenvalue weighted by atomic mass is 35.5. The maximum absolute atomic E-state index is 13.1. The van der Waals surface area contributed by atoms with E-state index < -0.39 is 24.5 Å². The Kier molecular flexibility index (Phi) is 8.17. The third-order valence-corrected chi connectivity index (χ3v) is 9.14. The Morgan fingerprint density at radius 1 is 1.15 bits per heavy atom. The average molecular weight is 673 g/mol. The molecule has 2 aromatic carbocycles. The molecule has 1 unspecified atom stereocenters. The van der Waals surface area contributed by atoms with Crippen LogP contribution in [0.25, 0.3) is 11.0 Å². The van der Waals surface area contributed by atoms with E-state index in [1.165, 1.54) is 6.07 Å². The first-order valence-electron chi connectivity index (χ1n) is 15.4. The molecule has 0 saturated carbocycles. The number of aromatic carboxylic acids is 1. The molecular weight excluding hydrogens is 641 g/mol. The Morgan fingerprint density at radius 3 is 2.60 bits per heavy atom. The highest BCUT2D eigenvalue weighted by Gasteiger charge is 2.42. The van der Waals surface area contributed by atoms with Gasteiger partial charge in [0.1, 0.15) is 22.8 Å². The normalized spacial score (nSPS) is 21.6. The van der Waals surface area contributed by atoms with Gasteiger partial charge in [0.2, 0.25) is 0 Å². The molecule has 248 valence electrons. The molecule has 2 fully saturated rings. The van der Waals surface area contributed by atoms with Crippen LogP contribution in [0.5, 0.6) is 17.2 Å². The van der Waals surface area contributed by atoms with Crippen molar-refractivity contribution in [2.24, 2.45) is 0 Å². The standard InChI is InChI=1S/C33H32ClF3N4O6/c1-32(27-6-5-21(34)15-38-27)46-25-4-2-3-23(30(25)47-32)19-7-10-40(11-8-19)17-28-39-29-24(41(28)16-22-9-12-44-22)13-20(31(42)43)14-26(29)45-18-33(35,36)37/h2-6,13-15,19,22H,7-12,16-18H2,1H3,(H,42,43)/t22-,32?/m0/s1. The van der Waals surface area contributed by atoms with E-state index in [4.69, 9.17) is 35.5 Å². The van der Waals surface area contributed by atoms with Crippen LogP contribution in [-0.4, -0.2) is 69.1 Å². The van der Waals surface area contributed by atoms with E-state index in [9.17, 15) is 23.1 Å². The Morgan fingerprint density at radius 2 is 1.94 bits per heavy atom. The van der Waals surface area contributed by atoms with Gasteiger partial charge in [-0.1, -0.05) is 23.7 Å². The summed E-state index contributed by atoms with van der Waals surface area (Å²) in [5.74, 6) is -0.410. The lowest BCUT2D eigenvalue weighted by Crippen LogP contribution is -2.35. The lowest BCUT2D eigenvalue weighted by Gasteiger charge is -2.33. The number of carboxylic acid groups (broad SMARTS) is 1. The molecule has 7 rings (SSSR count). The van der Waals surface area contributed by atoms with Crippen LogP contribution in [-0.2, 0) is 23.6 Å². The average Bonchev–Trinajstić information content (AvgIpc) is 3.55. The number of aromatic nitrogens is 3. The van der Waals surface area contributed by atoms with Gasteiger partial charge in [-0.15, -0.1) is 0 Å². The minimum absolute atomic E-state index is 0.0962. The number of ether oxygens (including phenoxy) is 4. The zero-order valence-corrected chi connectivity index (χ0v) is 26.2. The quantitative estimate of drug-likeness (QED) is 0.212. The number of hydrogen-bond acceptors (Lipinski definition) is 8. The van der Waals surface area contributed by atoms with Crippen LogP contribution in [0, 0.1) is 0 Å². The second kappa shape index (κ2) is 12.2. The molecule has 0 radical (unpaired) electrons. The number of likely N-dealkylation sites (tertiary alicyclic amines) is 1. The van der Waals surface area contributed by atoms with Crippen molar-refractivity contribution >= 4 is 28.6 Å². The summed E-state index contributed by atoms with van der Waals surface area (Å²) >= 11 is 6.03. The zero-order valence-electron chi connectivity index (χ0n) is 25.4. The van der Waals surface area contributed by atoms with Crippen molar-refractivity contribution in [2.75, 3.05) is 26.3 Å². The van der Waals surface area contributed by atoms with Crippen molar-refractivity contribution in [3.8, 4) is 17.2 Å². The first kappa shape index (κ1) is 31.5. The van der Waals surface area contributed by atoms with E-state index in [1.54, 1.807) is 18.3 Å². The fourth-order valence-corrected chi connectivity index (χ4v) is 6.52. The van der Waals surface area contributed by atoms with E-state index in [1.807, 2.05) is 23.6 Å². The van der Waals surface area contributed by atoms with Crippen LogP contribution >= 0.6 is 11.6 Å². The van der Waals surface area contributed by atoms with Crippen LogP contribution in [0.3, 0.4) is 0 Å². The number of nitrogens with zero attached hydrogens (tertiary/aromatic N) is 4. The molecule has 0 amide bonds. The molecule has 2 aromatic heterocycles. The zero-order chi connectivity index (χ0) is 32.9. The molecule has 14 heteroatoms. The molecule has 5 heterocycles. The molecule has 0 aliphatic carbocycles. The first-order valence-corrected chi connectivity index (χ1v) is 15.8. The van der Waals surface area contributed by atoms with Gasteiger partial charge in [0, 0.05) is 25.3 Å². The molecule has 3 aliphatic heterocycles. The number of benzene rings is 2. The van der Waals surface area contributed by atoms with Crippen molar-refractivity contribution in [2.45, 2.75) is 63.3 Å². The molecule has 1 N–H and O–H groups in total. The number of halogens is 4. The number of alkyl halides is 3. The summed E-state index contributed by atoms with van der Waals surface area (Å²) in [7, 11) is 0. The maximum atomic E-state index is 13.1. The van der Waals surface area contributed by atoms with Crippen molar-refractivity contribution in [3.05, 3.63) is 76.3 Å². The molecule has 10 nitrogen and oxygen atoms in total. The molecular formula is C33H32ClF3N4O6. The van der Waals surface area contributed by atoms with Gasteiger partial charge in [-0.25, -0.2) is 9.78 Å². The van der Waals surface area contributed by atoms with E-state index in [0.29, 0.717) is 53.3 Å². The molecule has 47 heavy (non-hydrogen) atoms. The Bertz CT molecular complexity index is 1800. The van der Waals surface area contributed by atoms with Gasteiger partial charge in [0.05, 0.1) is 35.3 Å². The highest BCUT2D eigenvalue weighted by molar-refractivity contribution is 6.30. The topological polar surface area (TPSA) is 108 Å². The van der Waals surface area contributed by atoms with Gasteiger partial charge in [0.25, 0.3) is 5.79 Å². The predicted octanol–water partition coefficient (Wildman–Crippen LogP) is 6.54. The van der Waals surface area contributed by atoms with E-state index in [2.05, 4.69) is 16.0 Å². The monoisotopic (exact) mass is 672 g/mol. The largest absolute Gasteiger partial charge is 0.482 e. The summed E-state index contributed by atoms with van der Waals surface area (Å²) in [6.45, 7) is 3.17. The number of carboxylic acids is 1. The number of piperidine rings is 1. The van der Waals surface area contributed by atoms with Gasteiger partial charge in [-0.05, 0) is 68.6 Å². The number of rotatable bonds is 9. The van der Waals surface area contributed by atoms with Crippen molar-refractivity contribution in [3.63, 3.8) is 0 Å². The minimum Gasteiger partial charge on any atom is -0.482 e. The van der Waals surface area contributed by atoms with Crippen molar-refractivity contribution in [1.82, 2.24) is 19.4 Å². The van der Waals surface area contributed by atoms with Crippen LogP contribution < -0.4 is 14.2 Å². The maximum Gasteiger partial charge on any atom is 0.422 e. The molecule has 2 saturated heterocycles. The Balaban J connectivity index is 1.11. The summed E-state index contributed by atoms with van der Waals surface area (Å²) in [5.41, 5.74) is 2.08. The number of para-hydroxylation sites is 1. The summed E-state index contributed by atoms with van der Waals surface area (Å²) in [6, 6.07) is 12.0. The van der Waals surface area contributed by atoms with Gasteiger partial charge >= 0.3 is 12.1 Å². The number of fused-ring (bicyclic) bond motifs is 2. The SMILES string of the molecule is CC1(c2ccc(Cl)cn2)Oc2cccc(C3CCN(Cc4nc5c(OCC(F)(F)F)cc(C(=O)O)cc5n4C[C@@H]4CCO4)CC3)c2O1. The van der Waals surface area contributed by atoms with E-state index >= 15 is 0 Å². The molecule has 4 aromatic rings. The van der Waals surface area contributed by atoms with Crippen molar-refractivity contribution in [1.29, 1.82) is 0 Å². The Hall–Kier alpha value is -4.07. The van der Waals surface area contributed by atoms with Crippen LogP contribution in [0.4, 0.5) is 13.2 Å². The van der Waals surface area contributed by atoms with Crippen LogP contribution in [0.2, 0.25) is 5.02 Å². The number of hydrogen-bond donors (Lipinski definition) is 1. The molecule has 3 aliphatic rings. The van der Waals surface area contributed by atoms with Gasteiger partial charge in [0.15, 0.2) is 18.1 Å². The summed E-state index contributed by atoms with van der Waals surface area (Å²) in [5, 5.41) is 10.2. The van der Waals surface area contributed by atoms with Gasteiger partial charge in [-0.2, -0.15) is 13.2 Å². The van der Waals surface area contributed by atoms with Crippen molar-refractivity contribution < 1.29 is 42.0 Å². The highest BCUT2D eigenvalue weighted by Crippen LogP contribution is 2.49. The number of pyridine rings is 1. The predicted molar refractivity (Wildman–Crippen MR) is 164 cm³/mol. The third-order valence-electron chi connectivity index (χ3n) is 8.91. The lowest BCUT2D eigenvalue weighted by molar-refractivity contribution is -0.153. The second-order valence-corrected chi connectivity index (χ2v) is 12.6. The smallest absolute Gasteiger partial charge is 0.422 e. The van der Waals surface area contributed by atoms with E-state index in [-0.39, 0.29) is 28.9 Å². The Labute approximate surface area is 273 Å². The fraction of sp³-hybridized carbons (Fsp3) is 0.424.